The van der Waals surface area contributed by atoms with E-state index in [9.17, 15) is 4.79 Å². The van der Waals surface area contributed by atoms with E-state index in [2.05, 4.69) is 26.3 Å². The first-order valence-corrected chi connectivity index (χ1v) is 9.57. The van der Waals surface area contributed by atoms with Crippen molar-refractivity contribution in [1.29, 1.82) is 0 Å². The molecule has 0 saturated carbocycles. The molecule has 0 fully saturated rings. The van der Waals surface area contributed by atoms with Crippen molar-refractivity contribution in [2.75, 3.05) is 5.32 Å². The number of rotatable bonds is 6. The number of hydrogen-bond donors (Lipinski definition) is 1. The number of hydrogen-bond acceptors (Lipinski definition) is 2. The molecule has 134 valence electrons. The summed E-state index contributed by atoms with van der Waals surface area (Å²) in [7, 11) is 0. The fourth-order valence-corrected chi connectivity index (χ4v) is 3.22. The van der Waals surface area contributed by atoms with E-state index in [-0.39, 0.29) is 5.91 Å². The van der Waals surface area contributed by atoms with Gasteiger partial charge in [0.05, 0.1) is 21.1 Å². The molecular weight excluding hydrogens is 437 g/mol. The molecule has 3 rings (SSSR count). The maximum Gasteiger partial charge on any atom is 0.225 e. The molecule has 1 amide bonds. The Morgan fingerprint density at radius 2 is 1.85 bits per heavy atom. The van der Waals surface area contributed by atoms with E-state index in [1.807, 2.05) is 42.6 Å². The molecule has 3 aromatic rings. The summed E-state index contributed by atoms with van der Waals surface area (Å²) in [6.45, 7) is 0.523. The standard InChI is InChI=1S/C19H16BrCl2N3O/c20-15-12-25(11-14-6-8-16(21)17(22)10-14)24-19(15)23-18(26)9-7-13-4-2-1-3-5-13/h1-6,8,10,12H,7,9,11H2,(H,23,24,26). The normalized spacial score (nSPS) is 10.7. The Balaban J connectivity index is 1.60. The Bertz CT molecular complexity index is 912. The lowest BCUT2D eigenvalue weighted by Gasteiger charge is -2.04. The molecule has 0 bridgehead atoms. The first kappa shape index (κ1) is 19.0. The number of aryl methyl sites for hydroxylation is 1. The summed E-state index contributed by atoms with van der Waals surface area (Å²) in [5.41, 5.74) is 2.10. The third-order valence-electron chi connectivity index (χ3n) is 3.79. The van der Waals surface area contributed by atoms with Crippen molar-refractivity contribution in [2.24, 2.45) is 0 Å². The van der Waals surface area contributed by atoms with Crippen LogP contribution < -0.4 is 5.32 Å². The number of nitrogens with one attached hydrogen (secondary N) is 1. The summed E-state index contributed by atoms with van der Waals surface area (Å²) in [6, 6.07) is 15.4. The van der Waals surface area contributed by atoms with Gasteiger partial charge in [0, 0.05) is 12.6 Å². The lowest BCUT2D eigenvalue weighted by molar-refractivity contribution is -0.116. The Labute approximate surface area is 170 Å². The number of nitrogens with zero attached hydrogens (tertiary/aromatic N) is 2. The predicted molar refractivity (Wildman–Crippen MR) is 109 cm³/mol. The topological polar surface area (TPSA) is 46.9 Å². The smallest absolute Gasteiger partial charge is 0.225 e. The van der Waals surface area contributed by atoms with Gasteiger partial charge in [-0.1, -0.05) is 59.6 Å². The van der Waals surface area contributed by atoms with E-state index in [1.54, 1.807) is 16.8 Å². The van der Waals surface area contributed by atoms with Crippen molar-refractivity contribution in [3.8, 4) is 0 Å². The van der Waals surface area contributed by atoms with Gasteiger partial charge < -0.3 is 5.32 Å². The van der Waals surface area contributed by atoms with E-state index in [4.69, 9.17) is 23.2 Å². The van der Waals surface area contributed by atoms with E-state index < -0.39 is 0 Å². The molecule has 0 spiro atoms. The molecule has 1 heterocycles. The van der Waals surface area contributed by atoms with Gasteiger partial charge in [-0.25, -0.2) is 0 Å². The van der Waals surface area contributed by atoms with Gasteiger partial charge in [0.25, 0.3) is 0 Å². The number of aromatic nitrogens is 2. The van der Waals surface area contributed by atoms with Gasteiger partial charge in [0.2, 0.25) is 5.91 Å². The van der Waals surface area contributed by atoms with Crippen LogP contribution >= 0.6 is 39.1 Å². The second-order valence-corrected chi connectivity index (χ2v) is 7.47. The molecule has 0 aliphatic heterocycles. The number of halogens is 3. The highest BCUT2D eigenvalue weighted by Gasteiger charge is 2.11. The van der Waals surface area contributed by atoms with Crippen LogP contribution in [0.2, 0.25) is 10.0 Å². The summed E-state index contributed by atoms with van der Waals surface area (Å²) in [6.07, 6.45) is 2.90. The molecule has 0 saturated heterocycles. The largest absolute Gasteiger partial charge is 0.308 e. The zero-order valence-electron chi connectivity index (χ0n) is 13.8. The number of carbonyl (C=O) groups excluding carboxylic acids is 1. The maximum absolute atomic E-state index is 12.2. The Morgan fingerprint density at radius 1 is 1.08 bits per heavy atom. The molecule has 2 aromatic carbocycles. The van der Waals surface area contributed by atoms with Crippen LogP contribution in [0.25, 0.3) is 0 Å². The second-order valence-electron chi connectivity index (χ2n) is 5.81. The van der Waals surface area contributed by atoms with Crippen LogP contribution in [0, 0.1) is 0 Å². The van der Waals surface area contributed by atoms with Crippen molar-refractivity contribution in [2.45, 2.75) is 19.4 Å². The molecule has 1 N–H and O–H groups in total. The molecule has 0 aliphatic rings. The Kier molecular flexibility index (Phi) is 6.35. The highest BCUT2D eigenvalue weighted by molar-refractivity contribution is 9.10. The molecule has 7 heteroatoms. The highest BCUT2D eigenvalue weighted by Crippen LogP contribution is 2.24. The van der Waals surface area contributed by atoms with Crippen molar-refractivity contribution in [3.05, 3.63) is 80.4 Å². The van der Waals surface area contributed by atoms with Crippen LogP contribution in [0.5, 0.6) is 0 Å². The third kappa shape index (κ3) is 5.10. The predicted octanol–water partition coefficient (Wildman–Crippen LogP) is 5.57. The van der Waals surface area contributed by atoms with Crippen LogP contribution in [-0.4, -0.2) is 15.7 Å². The molecule has 0 radical (unpaired) electrons. The molecule has 4 nitrogen and oxygen atoms in total. The minimum atomic E-state index is -0.0747. The van der Waals surface area contributed by atoms with Gasteiger partial charge in [-0.15, -0.1) is 0 Å². The SMILES string of the molecule is O=C(CCc1ccccc1)Nc1nn(Cc2ccc(Cl)c(Cl)c2)cc1Br. The number of anilines is 1. The van der Waals surface area contributed by atoms with Crippen molar-refractivity contribution in [1.82, 2.24) is 9.78 Å². The quantitative estimate of drug-likeness (QED) is 0.531. The van der Waals surface area contributed by atoms with Crippen molar-refractivity contribution in [3.63, 3.8) is 0 Å². The number of carbonyl (C=O) groups is 1. The fraction of sp³-hybridized carbons (Fsp3) is 0.158. The first-order valence-electron chi connectivity index (χ1n) is 8.02. The summed E-state index contributed by atoms with van der Waals surface area (Å²) in [5.74, 6) is 0.428. The zero-order valence-corrected chi connectivity index (χ0v) is 16.9. The van der Waals surface area contributed by atoms with Gasteiger partial charge in [-0.2, -0.15) is 5.10 Å². The van der Waals surface area contributed by atoms with Crippen LogP contribution in [0.1, 0.15) is 17.5 Å². The van der Waals surface area contributed by atoms with E-state index >= 15 is 0 Å². The summed E-state index contributed by atoms with van der Waals surface area (Å²) in [5, 5.41) is 8.28. The minimum absolute atomic E-state index is 0.0747. The Morgan fingerprint density at radius 3 is 2.58 bits per heavy atom. The van der Waals surface area contributed by atoms with Gasteiger partial charge in [0.15, 0.2) is 5.82 Å². The second kappa shape index (κ2) is 8.71. The van der Waals surface area contributed by atoms with Gasteiger partial charge in [-0.3, -0.25) is 9.48 Å². The van der Waals surface area contributed by atoms with E-state index in [0.717, 1.165) is 15.6 Å². The first-order chi connectivity index (χ1) is 12.5. The van der Waals surface area contributed by atoms with Crippen LogP contribution in [0.15, 0.2) is 59.2 Å². The average Bonchev–Trinajstić information content (AvgIpc) is 2.96. The van der Waals surface area contributed by atoms with E-state index in [0.29, 0.717) is 35.2 Å². The van der Waals surface area contributed by atoms with Gasteiger partial charge >= 0.3 is 0 Å². The van der Waals surface area contributed by atoms with Crippen LogP contribution in [0.4, 0.5) is 5.82 Å². The summed E-state index contributed by atoms with van der Waals surface area (Å²) < 4.78 is 2.46. The fourth-order valence-electron chi connectivity index (χ4n) is 2.48. The average molecular weight is 453 g/mol. The highest BCUT2D eigenvalue weighted by atomic mass is 79.9. The monoisotopic (exact) mass is 451 g/mol. The molecule has 0 unspecified atom stereocenters. The van der Waals surface area contributed by atoms with Crippen LogP contribution in [-0.2, 0) is 17.8 Å². The van der Waals surface area contributed by atoms with Gasteiger partial charge in [-0.05, 0) is 45.6 Å². The molecule has 0 aliphatic carbocycles. The minimum Gasteiger partial charge on any atom is -0.308 e. The lowest BCUT2D eigenvalue weighted by Crippen LogP contribution is -2.13. The van der Waals surface area contributed by atoms with Gasteiger partial charge in [0.1, 0.15) is 0 Å². The Hall–Kier alpha value is -1.82. The molecule has 0 atom stereocenters. The summed E-state index contributed by atoms with van der Waals surface area (Å²) in [4.78, 5) is 12.2. The third-order valence-corrected chi connectivity index (χ3v) is 5.11. The lowest BCUT2D eigenvalue weighted by atomic mass is 10.1. The van der Waals surface area contributed by atoms with Crippen LogP contribution in [0.3, 0.4) is 0 Å². The molecule has 26 heavy (non-hydrogen) atoms. The molecular formula is C19H16BrCl2N3O. The van der Waals surface area contributed by atoms with E-state index in [1.165, 1.54) is 0 Å². The van der Waals surface area contributed by atoms with Crippen molar-refractivity contribution < 1.29 is 4.79 Å². The zero-order chi connectivity index (χ0) is 18.5. The number of amides is 1. The molecule has 1 aromatic heterocycles. The number of benzene rings is 2. The van der Waals surface area contributed by atoms with Crippen molar-refractivity contribution >= 4 is 50.9 Å². The summed E-state index contributed by atoms with van der Waals surface area (Å²) >= 11 is 15.4. The maximum atomic E-state index is 12.2.